The molecule has 0 aliphatic heterocycles. The Kier molecular flexibility index (Phi) is 20.2. The first-order chi connectivity index (χ1) is 5.83. The maximum atomic E-state index is 3.55. The Labute approximate surface area is 79.1 Å². The molecule has 0 rings (SSSR count). The molecule has 0 nitrogen and oxygen atoms in total. The molecule has 0 N–H and O–H groups in total. The molecule has 0 aromatic heterocycles. The van der Waals surface area contributed by atoms with Crippen LogP contribution in [-0.4, -0.2) is 0 Å². The highest BCUT2D eigenvalue weighted by Gasteiger charge is 1.80. The van der Waals surface area contributed by atoms with Crippen LogP contribution in [0.25, 0.3) is 0 Å². The Morgan fingerprint density at radius 3 is 1.50 bits per heavy atom. The lowest BCUT2D eigenvalue weighted by Crippen LogP contribution is -1.70. The fraction of sp³-hybridized carbons (Fsp3) is 0.833. The summed E-state index contributed by atoms with van der Waals surface area (Å²) in [6, 6.07) is 0. The third-order valence-electron chi connectivity index (χ3n) is 1.70. The van der Waals surface area contributed by atoms with Crippen LogP contribution in [0, 0.1) is 0 Å². The predicted molar refractivity (Wildman–Crippen MR) is 59.5 cm³/mol. The summed E-state index contributed by atoms with van der Waals surface area (Å²) in [6.07, 6.45) is 11.3. The van der Waals surface area contributed by atoms with Crippen LogP contribution >= 0.6 is 0 Å². The zero-order valence-electron chi connectivity index (χ0n) is 9.23. The molecule has 0 amide bonds. The van der Waals surface area contributed by atoms with E-state index in [0.717, 1.165) is 6.42 Å². The zero-order valence-corrected chi connectivity index (χ0v) is 9.23. The highest BCUT2D eigenvalue weighted by Crippen LogP contribution is 2.00. The van der Waals surface area contributed by atoms with Gasteiger partial charge in [0.2, 0.25) is 0 Å². The summed E-state index contributed by atoms with van der Waals surface area (Å²) in [5.41, 5.74) is 0. The normalized spacial score (nSPS) is 8.58. The minimum Gasteiger partial charge on any atom is -0.103 e. The minimum atomic E-state index is 1.15. The molecule has 12 heavy (non-hydrogen) atoms. The van der Waals surface area contributed by atoms with Crippen molar-refractivity contribution < 1.29 is 0 Å². The highest BCUT2D eigenvalue weighted by molar-refractivity contribution is 4.63. The van der Waals surface area contributed by atoms with Crippen LogP contribution in [0.15, 0.2) is 12.7 Å². The van der Waals surface area contributed by atoms with Crippen molar-refractivity contribution in [1.82, 2.24) is 0 Å². The van der Waals surface area contributed by atoms with Crippen molar-refractivity contribution in [2.24, 2.45) is 0 Å². The van der Waals surface area contributed by atoms with Crippen molar-refractivity contribution in [2.75, 3.05) is 0 Å². The summed E-state index contributed by atoms with van der Waals surface area (Å²) >= 11 is 0. The molecule has 0 saturated carbocycles. The number of hydrogen-bond donors (Lipinski definition) is 0. The lowest BCUT2D eigenvalue weighted by molar-refractivity contribution is 0.656. The van der Waals surface area contributed by atoms with Gasteiger partial charge in [0.05, 0.1) is 0 Å². The Morgan fingerprint density at radius 2 is 1.33 bits per heavy atom. The Hall–Kier alpha value is -0.260. The van der Waals surface area contributed by atoms with E-state index in [1.807, 2.05) is 6.08 Å². The lowest BCUT2D eigenvalue weighted by Gasteiger charge is -1.90. The van der Waals surface area contributed by atoms with E-state index >= 15 is 0 Å². The second kappa shape index (κ2) is 17.0. The lowest BCUT2D eigenvalue weighted by atomic mass is 10.2. The maximum absolute atomic E-state index is 3.55. The van der Waals surface area contributed by atoms with Gasteiger partial charge in [-0.15, -0.1) is 6.58 Å². The van der Waals surface area contributed by atoms with Crippen molar-refractivity contribution in [2.45, 2.75) is 65.7 Å². The van der Waals surface area contributed by atoms with Crippen LogP contribution in [0.1, 0.15) is 65.7 Å². The zero-order chi connectivity index (χ0) is 9.66. The van der Waals surface area contributed by atoms with E-state index in [4.69, 9.17) is 0 Å². The van der Waals surface area contributed by atoms with Gasteiger partial charge >= 0.3 is 0 Å². The van der Waals surface area contributed by atoms with Crippen LogP contribution in [0.2, 0.25) is 0 Å². The Morgan fingerprint density at radius 1 is 0.833 bits per heavy atom. The average Bonchev–Trinajstić information content (AvgIpc) is 2.08. The summed E-state index contributed by atoms with van der Waals surface area (Å²) in [5, 5.41) is 0. The fourth-order valence-corrected chi connectivity index (χ4v) is 0.881. The monoisotopic (exact) mass is 170 g/mol. The first-order valence-corrected chi connectivity index (χ1v) is 5.44. The minimum absolute atomic E-state index is 1.15. The first-order valence-electron chi connectivity index (χ1n) is 5.44. The summed E-state index contributed by atoms with van der Waals surface area (Å²) in [4.78, 5) is 0. The molecule has 0 heterocycles. The molecule has 0 atom stereocenters. The molecular formula is C12H26. The molecule has 0 aliphatic carbocycles. The Bertz CT molecular complexity index is 60.4. The molecule has 0 fully saturated rings. The SMILES string of the molecule is C=CCCC.CCCCCCC. The van der Waals surface area contributed by atoms with Crippen molar-refractivity contribution in [1.29, 1.82) is 0 Å². The van der Waals surface area contributed by atoms with E-state index in [1.165, 1.54) is 38.5 Å². The molecule has 0 aromatic carbocycles. The van der Waals surface area contributed by atoms with E-state index in [1.54, 1.807) is 0 Å². The molecule has 0 aliphatic rings. The van der Waals surface area contributed by atoms with Crippen molar-refractivity contribution >= 4 is 0 Å². The molecule has 0 spiro atoms. The van der Waals surface area contributed by atoms with Crippen LogP contribution < -0.4 is 0 Å². The molecular weight excluding hydrogens is 144 g/mol. The number of hydrogen-bond acceptors (Lipinski definition) is 0. The molecule has 0 heteroatoms. The van der Waals surface area contributed by atoms with Crippen LogP contribution in [0.5, 0.6) is 0 Å². The molecule has 0 unspecified atom stereocenters. The smallest absolute Gasteiger partial charge is 0.0356 e. The second-order valence-corrected chi connectivity index (χ2v) is 3.14. The third kappa shape index (κ3) is 22.6. The summed E-state index contributed by atoms with van der Waals surface area (Å²) in [6.45, 7) is 10.2. The fourth-order valence-electron chi connectivity index (χ4n) is 0.881. The van der Waals surface area contributed by atoms with Gasteiger partial charge in [-0.05, 0) is 6.42 Å². The van der Waals surface area contributed by atoms with Gasteiger partial charge in [0.25, 0.3) is 0 Å². The first kappa shape index (κ1) is 14.3. The van der Waals surface area contributed by atoms with Gasteiger partial charge in [-0.25, -0.2) is 0 Å². The molecule has 0 aromatic rings. The maximum Gasteiger partial charge on any atom is -0.0356 e. The number of allylic oxidation sites excluding steroid dienone is 1. The largest absolute Gasteiger partial charge is 0.103 e. The Balaban J connectivity index is 0. The van der Waals surface area contributed by atoms with Crippen LogP contribution in [-0.2, 0) is 0 Å². The van der Waals surface area contributed by atoms with E-state index in [9.17, 15) is 0 Å². The van der Waals surface area contributed by atoms with Crippen LogP contribution in [0.3, 0.4) is 0 Å². The second-order valence-electron chi connectivity index (χ2n) is 3.14. The van der Waals surface area contributed by atoms with E-state index in [0.29, 0.717) is 0 Å². The molecule has 0 saturated heterocycles. The van der Waals surface area contributed by atoms with E-state index < -0.39 is 0 Å². The van der Waals surface area contributed by atoms with Gasteiger partial charge in [0, 0.05) is 0 Å². The molecule has 74 valence electrons. The van der Waals surface area contributed by atoms with E-state index in [2.05, 4.69) is 27.4 Å². The molecule has 0 radical (unpaired) electrons. The molecule has 0 bridgehead atoms. The van der Waals surface area contributed by atoms with Gasteiger partial charge in [-0.3, -0.25) is 0 Å². The van der Waals surface area contributed by atoms with E-state index in [-0.39, 0.29) is 0 Å². The number of unbranched alkanes of at least 4 members (excludes halogenated alkanes) is 5. The van der Waals surface area contributed by atoms with Crippen molar-refractivity contribution in [3.05, 3.63) is 12.7 Å². The third-order valence-corrected chi connectivity index (χ3v) is 1.70. The van der Waals surface area contributed by atoms with Crippen molar-refractivity contribution in [3.8, 4) is 0 Å². The van der Waals surface area contributed by atoms with Gasteiger partial charge in [-0.2, -0.15) is 0 Å². The summed E-state index contributed by atoms with van der Waals surface area (Å²) < 4.78 is 0. The number of rotatable bonds is 6. The van der Waals surface area contributed by atoms with Gasteiger partial charge in [0.15, 0.2) is 0 Å². The van der Waals surface area contributed by atoms with Gasteiger partial charge < -0.3 is 0 Å². The topological polar surface area (TPSA) is 0 Å². The van der Waals surface area contributed by atoms with Gasteiger partial charge in [-0.1, -0.05) is 65.4 Å². The van der Waals surface area contributed by atoms with Crippen LogP contribution in [0.4, 0.5) is 0 Å². The summed E-state index contributed by atoms with van der Waals surface area (Å²) in [7, 11) is 0. The summed E-state index contributed by atoms with van der Waals surface area (Å²) in [5.74, 6) is 0. The van der Waals surface area contributed by atoms with Crippen molar-refractivity contribution in [3.63, 3.8) is 0 Å². The highest BCUT2D eigenvalue weighted by atomic mass is 13.9. The quantitative estimate of drug-likeness (QED) is 0.391. The standard InChI is InChI=1S/C7H16.C5H10/c1-3-5-7-6-4-2;1-3-5-4-2/h3-7H2,1-2H3;3H,1,4-5H2,2H3. The van der Waals surface area contributed by atoms with Gasteiger partial charge in [0.1, 0.15) is 0 Å². The average molecular weight is 170 g/mol. The predicted octanol–water partition coefficient (Wildman–Crippen LogP) is 4.95.